The second-order valence-corrected chi connectivity index (χ2v) is 8.18. The second-order valence-electron chi connectivity index (χ2n) is 7.12. The quantitative estimate of drug-likeness (QED) is 0.663. The van der Waals surface area contributed by atoms with Gasteiger partial charge in [0.1, 0.15) is 17.2 Å². The zero-order valence-corrected chi connectivity index (χ0v) is 15.9. The van der Waals surface area contributed by atoms with Gasteiger partial charge in [-0.05, 0) is 32.0 Å². The number of hydrogen-bond acceptors (Lipinski definition) is 6. The molecule has 136 valence electrons. The van der Waals surface area contributed by atoms with Gasteiger partial charge in [-0.1, -0.05) is 24.3 Å². The molecule has 0 radical (unpaired) electrons. The first kappa shape index (κ1) is 17.5. The topological polar surface area (TPSA) is 72.2 Å². The Morgan fingerprint density at radius 2 is 2.15 bits per heavy atom. The Labute approximate surface area is 161 Å². The monoisotopic (exact) mass is 378 g/mol. The van der Waals surface area contributed by atoms with Crippen molar-refractivity contribution in [1.29, 1.82) is 5.26 Å². The number of hydrogen-bond donors (Lipinski definition) is 0. The summed E-state index contributed by atoms with van der Waals surface area (Å²) in [5.74, 6) is -0.0286. The first-order valence-corrected chi connectivity index (χ1v) is 9.50. The number of nitriles is 1. The van der Waals surface area contributed by atoms with Crippen molar-refractivity contribution in [2.75, 3.05) is 6.61 Å². The lowest BCUT2D eigenvalue weighted by atomic mass is 10.0. The first-order chi connectivity index (χ1) is 13.0. The summed E-state index contributed by atoms with van der Waals surface area (Å²) < 4.78 is 12.6. The highest BCUT2D eigenvalue weighted by Gasteiger charge is 2.33. The van der Waals surface area contributed by atoms with Crippen LogP contribution in [0.4, 0.5) is 0 Å². The fourth-order valence-corrected chi connectivity index (χ4v) is 4.25. The van der Waals surface area contributed by atoms with E-state index in [-0.39, 0.29) is 18.0 Å². The normalized spacial score (nSPS) is 15.6. The molecule has 0 bridgehead atoms. The van der Waals surface area contributed by atoms with Crippen LogP contribution in [0.3, 0.4) is 0 Å². The average Bonchev–Trinajstić information content (AvgIpc) is 3.19. The number of aromatic nitrogens is 1. The van der Waals surface area contributed by atoms with Crippen LogP contribution >= 0.6 is 11.3 Å². The molecule has 0 spiro atoms. The van der Waals surface area contributed by atoms with Gasteiger partial charge in [0, 0.05) is 12.0 Å². The van der Waals surface area contributed by atoms with Crippen LogP contribution in [-0.4, -0.2) is 23.0 Å². The number of thiazole rings is 1. The molecule has 0 N–H and O–H groups in total. The molecule has 0 amide bonds. The largest absolute Gasteiger partial charge is 0.483 e. The van der Waals surface area contributed by atoms with E-state index in [0.717, 1.165) is 22.2 Å². The molecule has 6 heteroatoms. The van der Waals surface area contributed by atoms with Gasteiger partial charge in [0.25, 0.3) is 0 Å². The van der Waals surface area contributed by atoms with Gasteiger partial charge < -0.3 is 9.47 Å². The standard InChI is InChI=1S/C21H18N2O3S/c1-21(2)10-13-6-5-8-17(19(13)26-21)25-12-16(24)14(11-22)20-23-15-7-3-4-9-18(15)27-20/h3-9,14H,10,12H2,1-2H3/t14-/m0/s1. The Morgan fingerprint density at radius 1 is 1.33 bits per heavy atom. The number of carbonyl (C=O) groups excluding carboxylic acids is 1. The SMILES string of the molecule is CC1(C)Cc2cccc(OCC(=O)[C@H](C#N)c3nc4ccccc4s3)c2O1. The highest BCUT2D eigenvalue weighted by Crippen LogP contribution is 2.41. The summed E-state index contributed by atoms with van der Waals surface area (Å²) >= 11 is 1.37. The number of nitrogens with zero attached hydrogens (tertiary/aromatic N) is 2. The number of carbonyl (C=O) groups is 1. The predicted molar refractivity (Wildman–Crippen MR) is 103 cm³/mol. The van der Waals surface area contributed by atoms with Crippen LogP contribution in [0.1, 0.15) is 30.3 Å². The van der Waals surface area contributed by atoms with Crippen molar-refractivity contribution in [2.24, 2.45) is 0 Å². The third kappa shape index (κ3) is 3.38. The minimum atomic E-state index is -0.934. The van der Waals surface area contributed by atoms with E-state index < -0.39 is 5.92 Å². The minimum absolute atomic E-state index is 0.200. The summed E-state index contributed by atoms with van der Waals surface area (Å²) in [5.41, 5.74) is 1.57. The first-order valence-electron chi connectivity index (χ1n) is 8.68. The van der Waals surface area contributed by atoms with Gasteiger partial charge >= 0.3 is 0 Å². The van der Waals surface area contributed by atoms with Gasteiger partial charge in [0.05, 0.1) is 16.3 Å². The van der Waals surface area contributed by atoms with Gasteiger partial charge in [0.2, 0.25) is 0 Å². The molecule has 0 unspecified atom stereocenters. The van der Waals surface area contributed by atoms with Crippen molar-refractivity contribution in [3.8, 4) is 17.6 Å². The fourth-order valence-electron chi connectivity index (χ4n) is 3.21. The van der Waals surface area contributed by atoms with Crippen LogP contribution in [0.5, 0.6) is 11.5 Å². The number of Topliss-reactive ketones (excluding diaryl/α,β-unsaturated/α-hetero) is 1. The zero-order valence-electron chi connectivity index (χ0n) is 15.1. The van der Waals surface area contributed by atoms with Gasteiger partial charge in [-0.25, -0.2) is 4.98 Å². The van der Waals surface area contributed by atoms with Gasteiger partial charge in [-0.2, -0.15) is 5.26 Å². The summed E-state index contributed by atoms with van der Waals surface area (Å²) in [7, 11) is 0. The molecule has 2 aromatic carbocycles. The van der Waals surface area contributed by atoms with Crippen molar-refractivity contribution >= 4 is 27.3 Å². The van der Waals surface area contributed by atoms with Crippen LogP contribution in [0.15, 0.2) is 42.5 Å². The maximum atomic E-state index is 12.6. The predicted octanol–water partition coefficient (Wildman–Crippen LogP) is 4.27. The summed E-state index contributed by atoms with van der Waals surface area (Å²) in [4.78, 5) is 17.1. The van der Waals surface area contributed by atoms with E-state index in [2.05, 4.69) is 11.1 Å². The fraction of sp³-hybridized carbons (Fsp3) is 0.286. The highest BCUT2D eigenvalue weighted by molar-refractivity contribution is 7.18. The van der Waals surface area contributed by atoms with E-state index in [1.807, 2.05) is 50.2 Å². The molecule has 4 rings (SSSR count). The minimum Gasteiger partial charge on any atom is -0.483 e. The maximum absolute atomic E-state index is 12.6. The molecule has 1 aliphatic rings. The van der Waals surface area contributed by atoms with Crippen molar-refractivity contribution < 1.29 is 14.3 Å². The molecule has 0 saturated heterocycles. The summed E-state index contributed by atoms with van der Waals surface area (Å²) in [6.07, 6.45) is 0.792. The van der Waals surface area contributed by atoms with Gasteiger partial charge in [-0.15, -0.1) is 11.3 Å². The smallest absolute Gasteiger partial charge is 0.194 e. The zero-order chi connectivity index (χ0) is 19.0. The Balaban J connectivity index is 1.51. The third-order valence-corrected chi connectivity index (χ3v) is 5.53. The molecule has 3 aromatic rings. The van der Waals surface area contributed by atoms with E-state index in [1.54, 1.807) is 6.07 Å². The lowest BCUT2D eigenvalue weighted by Gasteiger charge is -2.18. The van der Waals surface area contributed by atoms with E-state index in [9.17, 15) is 10.1 Å². The average molecular weight is 378 g/mol. The van der Waals surface area contributed by atoms with E-state index in [1.165, 1.54) is 11.3 Å². The molecular weight excluding hydrogens is 360 g/mol. The maximum Gasteiger partial charge on any atom is 0.194 e. The van der Waals surface area contributed by atoms with Crippen LogP contribution in [0.2, 0.25) is 0 Å². The Kier molecular flexibility index (Phi) is 4.33. The Bertz CT molecular complexity index is 1030. The molecule has 1 aromatic heterocycles. The van der Waals surface area contributed by atoms with Crippen LogP contribution in [0, 0.1) is 11.3 Å². The van der Waals surface area contributed by atoms with Crippen molar-refractivity contribution in [3.05, 3.63) is 53.0 Å². The Hall–Kier alpha value is -2.91. The molecule has 1 aliphatic heterocycles. The summed E-state index contributed by atoms with van der Waals surface area (Å²) in [6, 6.07) is 15.3. The summed E-state index contributed by atoms with van der Waals surface area (Å²) in [6.45, 7) is 3.83. The summed E-state index contributed by atoms with van der Waals surface area (Å²) in [5, 5.41) is 10.0. The highest BCUT2D eigenvalue weighted by atomic mass is 32.1. The lowest BCUT2D eigenvalue weighted by molar-refractivity contribution is -0.121. The van der Waals surface area contributed by atoms with Crippen LogP contribution in [0.25, 0.3) is 10.2 Å². The molecule has 5 nitrogen and oxygen atoms in total. The molecule has 0 saturated carbocycles. The second kappa shape index (κ2) is 6.67. The van der Waals surface area contributed by atoms with Crippen LogP contribution in [-0.2, 0) is 11.2 Å². The molecule has 1 atom stereocenters. The Morgan fingerprint density at radius 3 is 2.93 bits per heavy atom. The van der Waals surface area contributed by atoms with E-state index in [4.69, 9.17) is 9.47 Å². The van der Waals surface area contributed by atoms with Gasteiger partial charge in [0.15, 0.2) is 23.2 Å². The number of para-hydroxylation sites is 2. The molecule has 0 fully saturated rings. The molecule has 2 heterocycles. The van der Waals surface area contributed by atoms with Crippen LogP contribution < -0.4 is 9.47 Å². The van der Waals surface area contributed by atoms with Gasteiger partial charge in [-0.3, -0.25) is 4.79 Å². The van der Waals surface area contributed by atoms with Crippen molar-refractivity contribution in [2.45, 2.75) is 31.8 Å². The number of benzene rings is 2. The molecule has 27 heavy (non-hydrogen) atoms. The number of ketones is 1. The van der Waals surface area contributed by atoms with E-state index in [0.29, 0.717) is 16.5 Å². The third-order valence-electron chi connectivity index (χ3n) is 4.43. The number of ether oxygens (including phenoxy) is 2. The number of fused-ring (bicyclic) bond motifs is 2. The lowest BCUT2D eigenvalue weighted by Crippen LogP contribution is -2.25. The molecule has 0 aliphatic carbocycles. The van der Waals surface area contributed by atoms with Crippen molar-refractivity contribution in [3.63, 3.8) is 0 Å². The molecular formula is C21H18N2O3S. The van der Waals surface area contributed by atoms with E-state index >= 15 is 0 Å². The van der Waals surface area contributed by atoms with Crippen molar-refractivity contribution in [1.82, 2.24) is 4.98 Å². The number of rotatable bonds is 5.